The molecule has 0 bridgehead atoms. The summed E-state index contributed by atoms with van der Waals surface area (Å²) in [6.45, 7) is 10.1. The van der Waals surface area contributed by atoms with E-state index >= 15 is 0 Å². The van der Waals surface area contributed by atoms with Crippen molar-refractivity contribution in [3.05, 3.63) is 34.9 Å². The van der Waals surface area contributed by atoms with Crippen LogP contribution in [0.25, 0.3) is 0 Å². The number of nitrogens with one attached hydrogen (secondary N) is 1. The lowest BCUT2D eigenvalue weighted by Crippen LogP contribution is -2.32. The molecule has 0 radical (unpaired) electrons. The van der Waals surface area contributed by atoms with Crippen LogP contribution in [0.1, 0.15) is 75.5 Å². The summed E-state index contributed by atoms with van der Waals surface area (Å²) in [6, 6.07) is 7.50. The van der Waals surface area contributed by atoms with Crippen LogP contribution in [0.5, 0.6) is 0 Å². The van der Waals surface area contributed by atoms with Crippen molar-refractivity contribution < 1.29 is 0 Å². The fourth-order valence-corrected chi connectivity index (χ4v) is 2.90. The fraction of sp³-hybridized carbons (Fsp3) is 0.700. The van der Waals surface area contributed by atoms with Gasteiger partial charge in [0.05, 0.1) is 0 Å². The molecular weight excluding hydrogens is 254 g/mol. The van der Waals surface area contributed by atoms with Crippen molar-refractivity contribution in [3.8, 4) is 0 Å². The van der Waals surface area contributed by atoms with Gasteiger partial charge in [-0.2, -0.15) is 0 Å². The zero-order valence-corrected chi connectivity index (χ0v) is 14.7. The van der Waals surface area contributed by atoms with E-state index in [2.05, 4.69) is 51.2 Å². The van der Waals surface area contributed by atoms with Crippen LogP contribution in [-0.2, 0) is 6.42 Å². The number of hydrogen-bond donors (Lipinski definition) is 1. The summed E-state index contributed by atoms with van der Waals surface area (Å²) >= 11 is 0. The average Bonchev–Trinajstić information content (AvgIpc) is 2.47. The Morgan fingerprint density at radius 1 is 0.952 bits per heavy atom. The van der Waals surface area contributed by atoms with Crippen LogP contribution in [-0.4, -0.2) is 12.6 Å². The first kappa shape index (κ1) is 18.2. The average molecular weight is 290 g/mol. The minimum atomic E-state index is 0.645. The molecule has 1 N–H and O–H groups in total. The summed E-state index contributed by atoms with van der Waals surface area (Å²) in [5.41, 5.74) is 4.35. The topological polar surface area (TPSA) is 12.0 Å². The van der Waals surface area contributed by atoms with Crippen molar-refractivity contribution in [1.29, 1.82) is 0 Å². The summed E-state index contributed by atoms with van der Waals surface area (Å²) in [7, 11) is 0. The Bertz CT molecular complexity index is 383. The van der Waals surface area contributed by atoms with E-state index in [1.54, 1.807) is 0 Å². The van der Waals surface area contributed by atoms with Crippen molar-refractivity contribution in [1.82, 2.24) is 5.32 Å². The SMILES string of the molecule is CCCCCCCC(Cc1cc(C)ccc1C)NCCC. The van der Waals surface area contributed by atoms with Gasteiger partial charge in [-0.3, -0.25) is 0 Å². The maximum Gasteiger partial charge on any atom is 0.0108 e. The number of unbranched alkanes of at least 4 members (excludes halogenated alkanes) is 4. The van der Waals surface area contributed by atoms with Crippen LogP contribution in [0.2, 0.25) is 0 Å². The molecule has 0 aliphatic heterocycles. The molecule has 1 aromatic rings. The zero-order chi connectivity index (χ0) is 15.5. The van der Waals surface area contributed by atoms with Crippen molar-refractivity contribution >= 4 is 0 Å². The minimum absolute atomic E-state index is 0.645. The largest absolute Gasteiger partial charge is 0.314 e. The van der Waals surface area contributed by atoms with Crippen molar-refractivity contribution in [2.24, 2.45) is 0 Å². The standard InChI is InChI=1S/C20H35N/c1-5-7-8-9-10-11-20(21-14-6-2)16-19-15-17(3)12-13-18(19)4/h12-13,15,20-21H,5-11,14,16H2,1-4H3. The van der Waals surface area contributed by atoms with E-state index in [1.807, 2.05) is 0 Å². The van der Waals surface area contributed by atoms with Crippen LogP contribution >= 0.6 is 0 Å². The van der Waals surface area contributed by atoms with Gasteiger partial charge in [-0.15, -0.1) is 0 Å². The van der Waals surface area contributed by atoms with Gasteiger partial charge in [-0.25, -0.2) is 0 Å². The third-order valence-electron chi connectivity index (χ3n) is 4.31. The molecule has 1 nitrogen and oxygen atoms in total. The molecule has 0 spiro atoms. The Hall–Kier alpha value is -0.820. The molecule has 0 aromatic heterocycles. The van der Waals surface area contributed by atoms with Gasteiger partial charge >= 0.3 is 0 Å². The molecule has 0 amide bonds. The first-order chi connectivity index (χ1) is 10.2. The molecule has 21 heavy (non-hydrogen) atoms. The fourth-order valence-electron chi connectivity index (χ4n) is 2.90. The molecule has 0 saturated heterocycles. The highest BCUT2D eigenvalue weighted by Gasteiger charge is 2.10. The third-order valence-corrected chi connectivity index (χ3v) is 4.31. The van der Waals surface area contributed by atoms with Crippen LogP contribution in [0.4, 0.5) is 0 Å². The molecule has 0 aliphatic carbocycles. The highest BCUT2D eigenvalue weighted by atomic mass is 14.9. The predicted octanol–water partition coefficient (Wildman–Crippen LogP) is 5.57. The Morgan fingerprint density at radius 2 is 1.71 bits per heavy atom. The number of hydrogen-bond acceptors (Lipinski definition) is 1. The van der Waals surface area contributed by atoms with Gasteiger partial charge in [-0.1, -0.05) is 69.7 Å². The maximum absolute atomic E-state index is 3.76. The highest BCUT2D eigenvalue weighted by Crippen LogP contribution is 2.16. The normalized spacial score (nSPS) is 12.6. The second-order valence-electron chi connectivity index (χ2n) is 6.49. The summed E-state index contributed by atoms with van der Waals surface area (Å²) in [4.78, 5) is 0. The molecule has 1 heteroatoms. The van der Waals surface area contributed by atoms with Gasteiger partial charge in [0.1, 0.15) is 0 Å². The summed E-state index contributed by atoms with van der Waals surface area (Å²) in [6.07, 6.45) is 10.6. The quantitative estimate of drug-likeness (QED) is 0.525. The zero-order valence-electron chi connectivity index (χ0n) is 14.7. The number of aryl methyl sites for hydroxylation is 2. The van der Waals surface area contributed by atoms with E-state index < -0.39 is 0 Å². The summed E-state index contributed by atoms with van der Waals surface area (Å²) in [5.74, 6) is 0. The molecule has 1 atom stereocenters. The second kappa shape index (κ2) is 10.8. The van der Waals surface area contributed by atoms with Gasteiger partial charge in [0.25, 0.3) is 0 Å². The Balaban J connectivity index is 2.50. The third kappa shape index (κ3) is 7.66. The van der Waals surface area contributed by atoms with E-state index in [1.165, 1.54) is 68.1 Å². The smallest absolute Gasteiger partial charge is 0.0108 e. The van der Waals surface area contributed by atoms with Gasteiger partial charge in [0.2, 0.25) is 0 Å². The maximum atomic E-state index is 3.76. The lowest BCUT2D eigenvalue weighted by atomic mass is 9.95. The molecule has 0 fully saturated rings. The van der Waals surface area contributed by atoms with Crippen LogP contribution in [0.15, 0.2) is 18.2 Å². The van der Waals surface area contributed by atoms with E-state index in [0.29, 0.717) is 6.04 Å². The van der Waals surface area contributed by atoms with Crippen molar-refractivity contribution in [2.75, 3.05) is 6.54 Å². The molecule has 1 rings (SSSR count). The summed E-state index contributed by atoms with van der Waals surface area (Å²) < 4.78 is 0. The van der Waals surface area contributed by atoms with Gasteiger partial charge in [0, 0.05) is 6.04 Å². The van der Waals surface area contributed by atoms with E-state index in [4.69, 9.17) is 0 Å². The van der Waals surface area contributed by atoms with Crippen LogP contribution in [0, 0.1) is 13.8 Å². The molecule has 1 aromatic carbocycles. The lowest BCUT2D eigenvalue weighted by molar-refractivity contribution is 0.450. The van der Waals surface area contributed by atoms with E-state index in [0.717, 1.165) is 6.54 Å². The highest BCUT2D eigenvalue weighted by molar-refractivity contribution is 5.31. The van der Waals surface area contributed by atoms with Crippen molar-refractivity contribution in [2.45, 2.75) is 85.1 Å². The van der Waals surface area contributed by atoms with E-state index in [9.17, 15) is 0 Å². The van der Waals surface area contributed by atoms with Gasteiger partial charge < -0.3 is 5.32 Å². The number of benzene rings is 1. The predicted molar refractivity (Wildman–Crippen MR) is 95.1 cm³/mol. The van der Waals surface area contributed by atoms with Crippen LogP contribution < -0.4 is 5.32 Å². The minimum Gasteiger partial charge on any atom is -0.314 e. The second-order valence-corrected chi connectivity index (χ2v) is 6.49. The number of rotatable bonds is 11. The molecule has 1 unspecified atom stereocenters. The monoisotopic (exact) mass is 289 g/mol. The first-order valence-corrected chi connectivity index (χ1v) is 8.96. The Morgan fingerprint density at radius 3 is 2.43 bits per heavy atom. The first-order valence-electron chi connectivity index (χ1n) is 8.96. The summed E-state index contributed by atoms with van der Waals surface area (Å²) in [5, 5.41) is 3.76. The molecular formula is C20H35N. The van der Waals surface area contributed by atoms with Crippen molar-refractivity contribution in [3.63, 3.8) is 0 Å². The molecule has 0 aliphatic rings. The van der Waals surface area contributed by atoms with Gasteiger partial charge in [-0.05, 0) is 50.8 Å². The lowest BCUT2D eigenvalue weighted by Gasteiger charge is -2.20. The van der Waals surface area contributed by atoms with E-state index in [-0.39, 0.29) is 0 Å². The Labute approximate surface area is 132 Å². The van der Waals surface area contributed by atoms with Crippen LogP contribution in [0.3, 0.4) is 0 Å². The Kier molecular flexibility index (Phi) is 9.41. The molecule has 0 saturated carbocycles. The molecule has 120 valence electrons. The molecule has 0 heterocycles. The van der Waals surface area contributed by atoms with Gasteiger partial charge in [0.15, 0.2) is 0 Å².